The highest BCUT2D eigenvalue weighted by Gasteiger charge is 2.22. The molecule has 0 fully saturated rings. The zero-order valence-corrected chi connectivity index (χ0v) is 14.8. The minimum absolute atomic E-state index is 0.0828. The summed E-state index contributed by atoms with van der Waals surface area (Å²) >= 11 is 0. The number of furan rings is 1. The molecule has 8 nitrogen and oxygen atoms in total. The average molecular weight is 387 g/mol. The molecule has 2 amide bonds. The van der Waals surface area contributed by atoms with Gasteiger partial charge in [-0.25, -0.2) is 0 Å². The van der Waals surface area contributed by atoms with Gasteiger partial charge in [-0.1, -0.05) is 17.3 Å². The zero-order valence-electron chi connectivity index (χ0n) is 14.8. The highest BCUT2D eigenvalue weighted by atomic mass is 16.5. The molecule has 3 heterocycles. The van der Waals surface area contributed by atoms with Gasteiger partial charge in [-0.05, 0) is 42.5 Å². The molecule has 8 heteroatoms. The molecule has 0 atom stereocenters. The number of carbonyl (C=O) groups is 2. The maximum Gasteiger partial charge on any atom is 0.277 e. The first-order chi connectivity index (χ1) is 14.2. The lowest BCUT2D eigenvalue weighted by Crippen LogP contribution is -2.14. The Balaban J connectivity index is 1.39. The quantitative estimate of drug-likeness (QED) is 0.534. The van der Waals surface area contributed by atoms with Crippen molar-refractivity contribution in [3.8, 4) is 23.0 Å². The van der Waals surface area contributed by atoms with E-state index in [-0.39, 0.29) is 11.6 Å². The highest BCUT2D eigenvalue weighted by Crippen LogP contribution is 2.36. The first-order valence-electron chi connectivity index (χ1n) is 8.71. The van der Waals surface area contributed by atoms with E-state index in [9.17, 15) is 9.59 Å². The number of hydrogen-bond acceptors (Lipinski definition) is 6. The molecule has 5 rings (SSSR count). The van der Waals surface area contributed by atoms with E-state index in [1.807, 2.05) is 6.07 Å². The molecule has 0 spiro atoms. The van der Waals surface area contributed by atoms with Gasteiger partial charge in [0.15, 0.2) is 17.2 Å². The van der Waals surface area contributed by atoms with Crippen LogP contribution in [0.25, 0.3) is 11.5 Å². The molecule has 2 aromatic carbocycles. The maximum atomic E-state index is 12.6. The van der Waals surface area contributed by atoms with Crippen LogP contribution in [0, 0.1) is 0 Å². The second kappa shape index (κ2) is 6.68. The fourth-order valence-corrected chi connectivity index (χ4v) is 2.95. The average Bonchev–Trinajstić information content (AvgIpc) is 3.39. The molecular formula is C21H13N3O5. The van der Waals surface area contributed by atoms with E-state index in [2.05, 4.69) is 15.8 Å². The minimum Gasteiger partial charge on any atom is -0.461 e. The molecule has 0 bridgehead atoms. The summed E-state index contributed by atoms with van der Waals surface area (Å²) in [6, 6.07) is 16.8. The molecule has 142 valence electrons. The highest BCUT2D eigenvalue weighted by molar-refractivity contribution is 6.09. The number of anilines is 2. The van der Waals surface area contributed by atoms with Crippen molar-refractivity contribution in [3.05, 3.63) is 78.2 Å². The number of carbonyl (C=O) groups excluding carboxylic acids is 2. The summed E-state index contributed by atoms with van der Waals surface area (Å²) in [6.45, 7) is 0. The molecule has 2 N–H and O–H groups in total. The molecule has 1 aliphatic heterocycles. The van der Waals surface area contributed by atoms with E-state index in [0.717, 1.165) is 0 Å². The van der Waals surface area contributed by atoms with Gasteiger partial charge >= 0.3 is 0 Å². The van der Waals surface area contributed by atoms with Gasteiger partial charge in [-0.3, -0.25) is 9.59 Å². The van der Waals surface area contributed by atoms with Gasteiger partial charge in [0.1, 0.15) is 5.75 Å². The molecule has 2 aromatic heterocycles. The van der Waals surface area contributed by atoms with E-state index in [1.54, 1.807) is 48.5 Å². The summed E-state index contributed by atoms with van der Waals surface area (Å²) in [4.78, 5) is 25.1. The lowest BCUT2D eigenvalue weighted by Gasteiger charge is -2.09. The normalized spacial score (nSPS) is 12.2. The number of nitrogens with zero attached hydrogens (tertiary/aromatic N) is 1. The third-order valence-corrected chi connectivity index (χ3v) is 4.34. The van der Waals surface area contributed by atoms with E-state index in [0.29, 0.717) is 40.0 Å². The fraction of sp³-hybridized carbons (Fsp3) is 0. The first-order valence-corrected chi connectivity index (χ1v) is 8.71. The second-order valence-corrected chi connectivity index (χ2v) is 6.27. The van der Waals surface area contributed by atoms with Crippen LogP contribution in [0.1, 0.15) is 20.8 Å². The van der Waals surface area contributed by atoms with Crippen LogP contribution in [-0.4, -0.2) is 17.0 Å². The van der Waals surface area contributed by atoms with Crippen LogP contribution in [0.5, 0.6) is 11.5 Å². The Labute approximate surface area is 164 Å². The number of hydrogen-bond donors (Lipinski definition) is 2. The molecule has 0 radical (unpaired) electrons. The number of benzene rings is 2. The van der Waals surface area contributed by atoms with Crippen LogP contribution in [0.2, 0.25) is 0 Å². The van der Waals surface area contributed by atoms with E-state index >= 15 is 0 Å². The fourth-order valence-electron chi connectivity index (χ4n) is 2.95. The summed E-state index contributed by atoms with van der Waals surface area (Å²) in [5.41, 5.74) is 1.38. The minimum atomic E-state index is -0.482. The van der Waals surface area contributed by atoms with E-state index in [1.165, 1.54) is 12.3 Å². The predicted octanol–water partition coefficient (Wildman–Crippen LogP) is 4.54. The number of rotatable bonds is 3. The van der Waals surface area contributed by atoms with Crippen LogP contribution in [-0.2, 0) is 0 Å². The summed E-state index contributed by atoms with van der Waals surface area (Å²) in [7, 11) is 0. The molecule has 0 aliphatic carbocycles. The molecular weight excluding hydrogens is 374 g/mol. The SMILES string of the molecule is O=C(Nc1ccc2c(c1)C(=O)Nc1ccccc1O2)c1cc(-c2ccco2)on1. The summed E-state index contributed by atoms with van der Waals surface area (Å²) in [5.74, 6) is 0.936. The Morgan fingerprint density at radius 2 is 1.86 bits per heavy atom. The van der Waals surface area contributed by atoms with Crippen LogP contribution < -0.4 is 15.4 Å². The molecule has 29 heavy (non-hydrogen) atoms. The Hall–Kier alpha value is -4.33. The van der Waals surface area contributed by atoms with Gasteiger partial charge in [0.25, 0.3) is 11.8 Å². The molecule has 1 aliphatic rings. The monoisotopic (exact) mass is 387 g/mol. The third-order valence-electron chi connectivity index (χ3n) is 4.34. The number of fused-ring (bicyclic) bond motifs is 2. The Morgan fingerprint density at radius 1 is 0.966 bits per heavy atom. The van der Waals surface area contributed by atoms with Gasteiger partial charge in [0.2, 0.25) is 5.76 Å². The number of amides is 2. The summed E-state index contributed by atoms with van der Waals surface area (Å²) < 4.78 is 16.2. The molecule has 0 unspecified atom stereocenters. The number of para-hydroxylation sites is 2. The van der Waals surface area contributed by atoms with Gasteiger partial charge in [-0.2, -0.15) is 0 Å². The lowest BCUT2D eigenvalue weighted by molar-refractivity contribution is 0.101. The first kappa shape index (κ1) is 16.8. The van der Waals surface area contributed by atoms with Crippen molar-refractivity contribution in [2.45, 2.75) is 0 Å². The Morgan fingerprint density at radius 3 is 2.72 bits per heavy atom. The topological polar surface area (TPSA) is 107 Å². The van der Waals surface area contributed by atoms with Crippen LogP contribution in [0.15, 0.2) is 75.9 Å². The van der Waals surface area contributed by atoms with Crippen LogP contribution in [0.3, 0.4) is 0 Å². The van der Waals surface area contributed by atoms with Gasteiger partial charge < -0.3 is 24.3 Å². The van der Waals surface area contributed by atoms with Crippen molar-refractivity contribution in [1.82, 2.24) is 5.16 Å². The predicted molar refractivity (Wildman–Crippen MR) is 103 cm³/mol. The number of nitrogens with one attached hydrogen (secondary N) is 2. The molecule has 4 aromatic rings. The van der Waals surface area contributed by atoms with Crippen molar-refractivity contribution in [2.24, 2.45) is 0 Å². The van der Waals surface area contributed by atoms with Crippen molar-refractivity contribution < 1.29 is 23.3 Å². The summed E-state index contributed by atoms with van der Waals surface area (Å²) in [6.07, 6.45) is 1.50. The van der Waals surface area contributed by atoms with E-state index < -0.39 is 5.91 Å². The van der Waals surface area contributed by atoms with Crippen LogP contribution >= 0.6 is 0 Å². The Kier molecular flexibility index (Phi) is 3.87. The van der Waals surface area contributed by atoms with Crippen molar-refractivity contribution in [3.63, 3.8) is 0 Å². The van der Waals surface area contributed by atoms with Crippen molar-refractivity contribution in [1.29, 1.82) is 0 Å². The second-order valence-electron chi connectivity index (χ2n) is 6.27. The third kappa shape index (κ3) is 3.12. The maximum absolute atomic E-state index is 12.6. The standard InChI is InChI=1S/C21H13N3O5/c25-20-13-10-12(7-8-16(13)28-17-5-2-1-4-14(17)23-20)22-21(26)15-11-19(29-24-15)18-6-3-9-27-18/h1-11H,(H,22,26)(H,23,25). The van der Waals surface area contributed by atoms with Gasteiger partial charge in [0, 0.05) is 11.8 Å². The number of ether oxygens (including phenoxy) is 1. The van der Waals surface area contributed by atoms with E-state index in [4.69, 9.17) is 13.7 Å². The zero-order chi connectivity index (χ0) is 19.8. The van der Waals surface area contributed by atoms with Gasteiger partial charge in [0.05, 0.1) is 17.5 Å². The Bertz CT molecular complexity index is 1230. The molecule has 0 saturated heterocycles. The van der Waals surface area contributed by atoms with Crippen molar-refractivity contribution in [2.75, 3.05) is 10.6 Å². The van der Waals surface area contributed by atoms with Gasteiger partial charge in [-0.15, -0.1) is 0 Å². The number of aromatic nitrogens is 1. The largest absolute Gasteiger partial charge is 0.461 e. The molecule has 0 saturated carbocycles. The summed E-state index contributed by atoms with van der Waals surface area (Å²) in [5, 5.41) is 9.26. The van der Waals surface area contributed by atoms with Crippen LogP contribution in [0.4, 0.5) is 11.4 Å². The van der Waals surface area contributed by atoms with Crippen molar-refractivity contribution >= 4 is 23.2 Å². The smallest absolute Gasteiger partial charge is 0.277 e. The lowest BCUT2D eigenvalue weighted by atomic mass is 10.1.